The number of rotatable bonds is 15. The molecule has 286 valence electrons. The fraction of sp³-hybridized carbons (Fsp3) is 0.277. The predicted octanol–water partition coefficient (Wildman–Crippen LogP) is 9.03. The lowest BCUT2D eigenvalue weighted by atomic mass is 9.97. The van der Waals surface area contributed by atoms with Crippen LogP contribution in [0.3, 0.4) is 0 Å². The molecule has 0 saturated carbocycles. The molecule has 4 aromatic carbocycles. The second kappa shape index (κ2) is 18.0. The molecule has 2 amide bonds. The van der Waals surface area contributed by atoms with Crippen molar-refractivity contribution in [2.45, 2.75) is 57.2 Å². The van der Waals surface area contributed by atoms with Crippen molar-refractivity contribution in [1.82, 2.24) is 34.6 Å². The number of carbonyl (C=O) groups is 2. The molecule has 0 spiro atoms. The van der Waals surface area contributed by atoms with Crippen LogP contribution < -0.4 is 0 Å². The number of likely N-dealkylation sites (tertiary alicyclic amines) is 1. The van der Waals surface area contributed by atoms with Crippen LogP contribution in [0.15, 0.2) is 134 Å². The highest BCUT2D eigenvalue weighted by Crippen LogP contribution is 2.34. The van der Waals surface area contributed by atoms with Gasteiger partial charge in [0.1, 0.15) is 17.7 Å². The van der Waals surface area contributed by atoms with Gasteiger partial charge in [0.05, 0.1) is 42.8 Å². The van der Waals surface area contributed by atoms with Crippen molar-refractivity contribution < 1.29 is 9.59 Å². The van der Waals surface area contributed by atoms with Crippen LogP contribution in [0.2, 0.25) is 0 Å². The first-order valence-corrected chi connectivity index (χ1v) is 19.6. The molecule has 3 heterocycles. The first kappa shape index (κ1) is 38.2. The van der Waals surface area contributed by atoms with Crippen LogP contribution in [0, 0.1) is 0 Å². The number of nitrogens with zero attached hydrogens (tertiary/aromatic N) is 5. The van der Waals surface area contributed by atoms with Crippen molar-refractivity contribution in [2.24, 2.45) is 0 Å². The Morgan fingerprint density at radius 3 is 2.05 bits per heavy atom. The van der Waals surface area contributed by atoms with Gasteiger partial charge in [0.25, 0.3) is 0 Å². The van der Waals surface area contributed by atoms with Gasteiger partial charge in [-0.15, -0.1) is 6.58 Å². The third-order valence-corrected chi connectivity index (χ3v) is 10.6. The third kappa shape index (κ3) is 9.07. The van der Waals surface area contributed by atoms with Crippen LogP contribution in [-0.4, -0.2) is 73.6 Å². The Balaban J connectivity index is 1.00. The van der Waals surface area contributed by atoms with Gasteiger partial charge in [0.15, 0.2) is 0 Å². The summed E-state index contributed by atoms with van der Waals surface area (Å²) in [5, 5.41) is 0. The van der Waals surface area contributed by atoms with Crippen molar-refractivity contribution in [3.63, 3.8) is 0 Å². The second-order valence-electron chi connectivity index (χ2n) is 14.8. The zero-order valence-electron chi connectivity index (χ0n) is 32.4. The van der Waals surface area contributed by atoms with Crippen LogP contribution in [0.25, 0.3) is 33.6 Å². The van der Waals surface area contributed by atoms with Crippen LogP contribution in [0.1, 0.15) is 67.0 Å². The zero-order chi connectivity index (χ0) is 38.9. The van der Waals surface area contributed by atoms with E-state index < -0.39 is 0 Å². The number of H-pyrrole nitrogens is 2. The highest BCUT2D eigenvalue weighted by atomic mass is 16.2. The molecule has 7 rings (SSSR count). The Morgan fingerprint density at radius 2 is 1.41 bits per heavy atom. The topological polar surface area (TPSA) is 101 Å². The molecule has 2 atom stereocenters. The number of hydrogen-bond donors (Lipinski definition) is 2. The van der Waals surface area contributed by atoms with E-state index in [4.69, 9.17) is 4.98 Å². The molecular weight excluding hydrogens is 695 g/mol. The minimum Gasteiger partial charge on any atom is -0.341 e. The van der Waals surface area contributed by atoms with Gasteiger partial charge in [-0.2, -0.15) is 0 Å². The van der Waals surface area contributed by atoms with Gasteiger partial charge in [-0.1, -0.05) is 115 Å². The molecule has 56 heavy (non-hydrogen) atoms. The molecule has 9 nitrogen and oxygen atoms in total. The largest absolute Gasteiger partial charge is 0.341 e. The number of piperidine rings is 1. The van der Waals surface area contributed by atoms with Crippen molar-refractivity contribution in [3.8, 4) is 33.6 Å². The van der Waals surface area contributed by atoms with Crippen LogP contribution >= 0.6 is 0 Å². The van der Waals surface area contributed by atoms with Gasteiger partial charge >= 0.3 is 0 Å². The van der Waals surface area contributed by atoms with Crippen molar-refractivity contribution in [2.75, 3.05) is 27.2 Å². The first-order valence-electron chi connectivity index (χ1n) is 19.6. The van der Waals surface area contributed by atoms with E-state index in [1.165, 1.54) is 0 Å². The van der Waals surface area contributed by atoms with E-state index in [1.54, 1.807) is 0 Å². The predicted molar refractivity (Wildman–Crippen MR) is 223 cm³/mol. The Kier molecular flexibility index (Phi) is 12.3. The molecule has 1 aliphatic rings. The van der Waals surface area contributed by atoms with E-state index in [2.05, 4.69) is 70.1 Å². The molecule has 6 aromatic rings. The second-order valence-corrected chi connectivity index (χ2v) is 14.8. The van der Waals surface area contributed by atoms with Gasteiger partial charge in [0, 0.05) is 13.1 Å². The number of imidazole rings is 2. The highest BCUT2D eigenvalue weighted by Gasteiger charge is 2.35. The number of unbranched alkanes of at least 4 members (excludes halogenated alkanes) is 1. The SMILES string of the molecule is C=CCCCN(Cc1ncc(-c2ccc(-c3ccc(-c4cnc(C5CCCCN5C(=O)C(c5ccccc5)N(C)C)[nH]4)cc3)cc2)[nH]1)C(=O)Cc1ccccc1. The lowest BCUT2D eigenvalue weighted by Gasteiger charge is -2.38. The molecule has 0 aliphatic carbocycles. The molecule has 1 fully saturated rings. The minimum absolute atomic E-state index is 0.0849. The van der Waals surface area contributed by atoms with Crippen molar-refractivity contribution in [1.29, 1.82) is 0 Å². The van der Waals surface area contributed by atoms with Gasteiger partial charge in [-0.05, 0) is 79.6 Å². The van der Waals surface area contributed by atoms with E-state index in [-0.39, 0.29) is 23.9 Å². The number of amides is 2. The number of aromatic nitrogens is 4. The number of benzene rings is 4. The molecule has 0 bridgehead atoms. The highest BCUT2D eigenvalue weighted by molar-refractivity contribution is 5.84. The molecule has 1 aliphatic heterocycles. The zero-order valence-corrected chi connectivity index (χ0v) is 32.4. The van der Waals surface area contributed by atoms with Gasteiger partial charge in [-0.3, -0.25) is 14.5 Å². The summed E-state index contributed by atoms with van der Waals surface area (Å²) in [6.07, 6.45) is 10.6. The summed E-state index contributed by atoms with van der Waals surface area (Å²) in [6, 6.07) is 36.4. The maximum atomic E-state index is 14.1. The average molecular weight is 746 g/mol. The average Bonchev–Trinajstić information content (AvgIpc) is 3.92. The van der Waals surface area contributed by atoms with E-state index >= 15 is 0 Å². The molecule has 1 saturated heterocycles. The smallest absolute Gasteiger partial charge is 0.245 e. The number of nitrogens with one attached hydrogen (secondary N) is 2. The standard InChI is InChI=1S/C47H51N7O2/c1-4-5-13-28-53(44(55)30-34-15-8-6-9-16-34)33-43-48-31-40(50-43)37-24-20-35(21-25-37)36-22-26-38(27-23-36)41-32-49-46(51-41)42-19-12-14-29-54(42)47(56)45(52(2)3)39-17-10-7-11-18-39/h4,6-11,15-18,20-27,31-32,42,45H,1,5,12-14,19,28-30,33H2,2-3H3,(H,48,50)(H,49,51). The Bertz CT molecular complexity index is 2190. The molecule has 2 aromatic heterocycles. The van der Waals surface area contributed by atoms with E-state index in [0.29, 0.717) is 19.5 Å². The van der Waals surface area contributed by atoms with E-state index in [9.17, 15) is 9.59 Å². The van der Waals surface area contributed by atoms with Crippen LogP contribution in [-0.2, 0) is 22.6 Å². The molecule has 9 heteroatoms. The van der Waals surface area contributed by atoms with Gasteiger partial charge < -0.3 is 19.8 Å². The van der Waals surface area contributed by atoms with Gasteiger partial charge in [-0.25, -0.2) is 9.97 Å². The Hall–Kier alpha value is -6.06. The fourth-order valence-electron chi connectivity index (χ4n) is 7.64. The summed E-state index contributed by atoms with van der Waals surface area (Å²) in [6.45, 7) is 5.62. The van der Waals surface area contributed by atoms with Gasteiger partial charge in [0.2, 0.25) is 11.8 Å². The number of hydrogen-bond acceptors (Lipinski definition) is 5. The monoisotopic (exact) mass is 745 g/mol. The summed E-state index contributed by atoms with van der Waals surface area (Å²) < 4.78 is 0. The normalized spacial score (nSPS) is 14.8. The number of carbonyl (C=O) groups excluding carboxylic acids is 2. The summed E-state index contributed by atoms with van der Waals surface area (Å²) in [4.78, 5) is 49.7. The Morgan fingerprint density at radius 1 is 0.804 bits per heavy atom. The Labute approximate surface area is 330 Å². The first-order chi connectivity index (χ1) is 27.4. The summed E-state index contributed by atoms with van der Waals surface area (Å²) in [5.74, 6) is 1.79. The maximum Gasteiger partial charge on any atom is 0.245 e. The summed E-state index contributed by atoms with van der Waals surface area (Å²) in [5.41, 5.74) is 8.13. The van der Waals surface area contributed by atoms with Crippen molar-refractivity contribution in [3.05, 3.63) is 157 Å². The lowest BCUT2D eigenvalue weighted by molar-refractivity contribution is -0.140. The number of allylic oxidation sites excluding steroid dienone is 1. The van der Waals surface area contributed by atoms with E-state index in [1.807, 2.05) is 108 Å². The third-order valence-electron chi connectivity index (χ3n) is 10.6. The lowest BCUT2D eigenvalue weighted by Crippen LogP contribution is -2.45. The number of likely N-dealkylation sites (N-methyl/N-ethyl adjacent to an activating group) is 1. The summed E-state index contributed by atoms with van der Waals surface area (Å²) >= 11 is 0. The molecule has 2 N–H and O–H groups in total. The fourth-order valence-corrected chi connectivity index (χ4v) is 7.64. The maximum absolute atomic E-state index is 14.1. The molecule has 0 radical (unpaired) electrons. The number of aromatic amines is 2. The molecular formula is C47H51N7O2. The van der Waals surface area contributed by atoms with Crippen LogP contribution in [0.5, 0.6) is 0 Å². The summed E-state index contributed by atoms with van der Waals surface area (Å²) in [7, 11) is 3.93. The molecule has 2 unspecified atom stereocenters. The van der Waals surface area contributed by atoms with E-state index in [0.717, 1.165) is 95.1 Å². The van der Waals surface area contributed by atoms with Crippen LogP contribution in [0.4, 0.5) is 0 Å². The van der Waals surface area contributed by atoms with Crippen molar-refractivity contribution >= 4 is 11.8 Å². The minimum atomic E-state index is -0.347. The quantitative estimate of drug-likeness (QED) is 0.0808.